The maximum absolute atomic E-state index is 11.9. The normalized spacial score (nSPS) is 9.89. The molecular weight excluding hydrogens is 280 g/mol. The largest absolute Gasteiger partial charge is 0.495 e. The van der Waals surface area contributed by atoms with Gasteiger partial charge in [-0.1, -0.05) is 36.1 Å². The van der Waals surface area contributed by atoms with Crippen LogP contribution in [0, 0.1) is 6.92 Å². The second-order valence-electron chi connectivity index (χ2n) is 4.15. The van der Waals surface area contributed by atoms with Gasteiger partial charge in [-0.05, 0) is 18.6 Å². The first kappa shape index (κ1) is 15.8. The number of methoxy groups -OCH3 is 1. The van der Waals surface area contributed by atoms with Crippen LogP contribution in [0.15, 0.2) is 18.2 Å². The van der Waals surface area contributed by atoms with E-state index in [2.05, 4.69) is 5.32 Å². The number of rotatable bonds is 4. The molecule has 0 bridgehead atoms. The number of anilines is 1. The van der Waals surface area contributed by atoms with Crippen LogP contribution < -0.4 is 10.1 Å². The van der Waals surface area contributed by atoms with Crippen molar-refractivity contribution in [3.05, 3.63) is 23.8 Å². The third-order valence-corrected chi connectivity index (χ3v) is 4.15. The second kappa shape index (κ2) is 7.35. The summed E-state index contributed by atoms with van der Waals surface area (Å²) in [5.41, 5.74) is 1.68. The Morgan fingerprint density at radius 2 is 2.16 bits per heavy atom. The fraction of sp³-hybridized carbons (Fsp3) is 0.385. The first-order chi connectivity index (χ1) is 8.95. The number of nitrogens with one attached hydrogen (secondary N) is 1. The van der Waals surface area contributed by atoms with Crippen molar-refractivity contribution in [2.45, 2.75) is 6.92 Å². The fourth-order valence-corrected chi connectivity index (χ4v) is 2.16. The van der Waals surface area contributed by atoms with Crippen LogP contribution in [0.3, 0.4) is 0 Å². The van der Waals surface area contributed by atoms with Crippen molar-refractivity contribution >= 4 is 39.9 Å². The third-order valence-electron chi connectivity index (χ3n) is 2.41. The maximum atomic E-state index is 11.9. The molecule has 1 aromatic carbocycles. The minimum atomic E-state index is -0.0956. The number of carbonyl (C=O) groups excluding carboxylic acids is 1. The molecule has 1 amide bonds. The molecule has 1 N–H and O–H groups in total. The van der Waals surface area contributed by atoms with Gasteiger partial charge in [0.05, 0.1) is 18.6 Å². The van der Waals surface area contributed by atoms with Gasteiger partial charge >= 0.3 is 0 Å². The van der Waals surface area contributed by atoms with Crippen LogP contribution in [0.4, 0.5) is 5.69 Å². The van der Waals surface area contributed by atoms with E-state index >= 15 is 0 Å². The van der Waals surface area contributed by atoms with Gasteiger partial charge in [-0.3, -0.25) is 4.79 Å². The monoisotopic (exact) mass is 298 g/mol. The molecule has 6 heteroatoms. The molecule has 1 rings (SSSR count). The molecule has 0 saturated heterocycles. The molecule has 0 heterocycles. The van der Waals surface area contributed by atoms with Gasteiger partial charge in [0.1, 0.15) is 10.1 Å². The van der Waals surface area contributed by atoms with Crippen molar-refractivity contribution in [3.8, 4) is 5.75 Å². The van der Waals surface area contributed by atoms with E-state index in [9.17, 15) is 4.79 Å². The van der Waals surface area contributed by atoms with Crippen LogP contribution >= 0.6 is 24.0 Å². The number of amides is 1. The summed E-state index contributed by atoms with van der Waals surface area (Å²) in [4.78, 5) is 13.7. The third kappa shape index (κ3) is 4.72. The highest BCUT2D eigenvalue weighted by Crippen LogP contribution is 2.27. The molecule has 104 valence electrons. The fourth-order valence-electron chi connectivity index (χ4n) is 1.40. The van der Waals surface area contributed by atoms with Crippen LogP contribution in [0.2, 0.25) is 0 Å². The van der Waals surface area contributed by atoms with Crippen molar-refractivity contribution in [1.82, 2.24) is 4.90 Å². The minimum absolute atomic E-state index is 0.0956. The number of nitrogens with zero attached hydrogens (tertiary/aromatic N) is 1. The van der Waals surface area contributed by atoms with Gasteiger partial charge in [0.2, 0.25) is 5.91 Å². The van der Waals surface area contributed by atoms with E-state index in [-0.39, 0.29) is 11.7 Å². The van der Waals surface area contributed by atoms with E-state index in [0.717, 1.165) is 5.56 Å². The summed E-state index contributed by atoms with van der Waals surface area (Å²) >= 11 is 6.46. The van der Waals surface area contributed by atoms with E-state index < -0.39 is 0 Å². The van der Waals surface area contributed by atoms with Gasteiger partial charge < -0.3 is 15.0 Å². The number of ether oxygens (including phenoxy) is 1. The quantitative estimate of drug-likeness (QED) is 0.865. The molecule has 0 unspecified atom stereocenters. The number of carbonyl (C=O) groups is 1. The summed E-state index contributed by atoms with van der Waals surface area (Å²) in [6.07, 6.45) is 0. The Morgan fingerprint density at radius 1 is 1.47 bits per heavy atom. The molecule has 0 aromatic heterocycles. The molecule has 0 aliphatic carbocycles. The summed E-state index contributed by atoms with van der Waals surface area (Å²) in [6.45, 7) is 1.93. The molecule has 0 saturated carbocycles. The van der Waals surface area contributed by atoms with Crippen LogP contribution in [-0.4, -0.2) is 42.1 Å². The highest BCUT2D eigenvalue weighted by molar-refractivity contribution is 8.23. The van der Waals surface area contributed by atoms with E-state index in [4.69, 9.17) is 17.0 Å². The van der Waals surface area contributed by atoms with Crippen LogP contribution in [-0.2, 0) is 4.79 Å². The molecule has 19 heavy (non-hydrogen) atoms. The molecule has 0 radical (unpaired) electrons. The molecule has 4 nitrogen and oxygen atoms in total. The number of thiocarbonyl (C=S) groups is 1. The zero-order chi connectivity index (χ0) is 14.4. The topological polar surface area (TPSA) is 41.6 Å². The Morgan fingerprint density at radius 3 is 2.74 bits per heavy atom. The molecule has 1 aromatic rings. The Kier molecular flexibility index (Phi) is 6.11. The van der Waals surface area contributed by atoms with Crippen molar-refractivity contribution in [1.29, 1.82) is 0 Å². The van der Waals surface area contributed by atoms with Crippen molar-refractivity contribution < 1.29 is 9.53 Å². The minimum Gasteiger partial charge on any atom is -0.495 e. The number of hydrogen-bond donors (Lipinski definition) is 1. The smallest absolute Gasteiger partial charge is 0.234 e. The highest BCUT2D eigenvalue weighted by atomic mass is 32.2. The lowest BCUT2D eigenvalue weighted by Crippen LogP contribution is -2.21. The standard InChI is InChI=1S/C13H18N2O2S2/c1-9-6-5-7-10(17-4)12(9)14-11(16)8-19-13(18)15(2)3/h5-7H,8H2,1-4H3,(H,14,16). The summed E-state index contributed by atoms with van der Waals surface area (Å²) in [7, 11) is 5.30. The Hall–Kier alpha value is -1.27. The zero-order valence-electron chi connectivity index (χ0n) is 11.5. The van der Waals surface area contributed by atoms with Crippen molar-refractivity contribution in [2.75, 3.05) is 32.3 Å². The molecule has 0 aliphatic heterocycles. The van der Waals surface area contributed by atoms with Gasteiger partial charge in [-0.25, -0.2) is 0 Å². The first-order valence-electron chi connectivity index (χ1n) is 5.73. The lowest BCUT2D eigenvalue weighted by Gasteiger charge is -2.14. The molecular formula is C13H18N2O2S2. The highest BCUT2D eigenvalue weighted by Gasteiger charge is 2.11. The first-order valence-corrected chi connectivity index (χ1v) is 7.12. The SMILES string of the molecule is COc1cccc(C)c1NC(=O)CSC(=S)N(C)C. The van der Waals surface area contributed by atoms with Gasteiger partial charge in [0.25, 0.3) is 0 Å². The van der Waals surface area contributed by atoms with Gasteiger partial charge in [0.15, 0.2) is 0 Å². The Bertz CT molecular complexity index is 476. The summed E-state index contributed by atoms with van der Waals surface area (Å²) in [5, 5.41) is 2.86. The molecule has 0 spiro atoms. The van der Waals surface area contributed by atoms with Crippen LogP contribution in [0.1, 0.15) is 5.56 Å². The lowest BCUT2D eigenvalue weighted by molar-refractivity contribution is -0.113. The average molecular weight is 298 g/mol. The number of para-hydroxylation sites is 1. The van der Waals surface area contributed by atoms with Crippen LogP contribution in [0.5, 0.6) is 5.75 Å². The number of thioether (sulfide) groups is 1. The number of benzene rings is 1. The van der Waals surface area contributed by atoms with E-state index in [0.29, 0.717) is 15.8 Å². The number of hydrogen-bond acceptors (Lipinski definition) is 4. The van der Waals surface area contributed by atoms with Crippen molar-refractivity contribution in [3.63, 3.8) is 0 Å². The predicted octanol–water partition coefficient (Wildman–Crippen LogP) is 2.52. The van der Waals surface area contributed by atoms with Gasteiger partial charge in [-0.2, -0.15) is 0 Å². The van der Waals surface area contributed by atoms with Gasteiger partial charge in [-0.15, -0.1) is 0 Å². The predicted molar refractivity (Wildman–Crippen MR) is 85.1 cm³/mol. The number of aryl methyl sites for hydroxylation is 1. The van der Waals surface area contributed by atoms with E-state index in [1.807, 2.05) is 44.1 Å². The zero-order valence-corrected chi connectivity index (χ0v) is 13.2. The van der Waals surface area contributed by atoms with Gasteiger partial charge in [0, 0.05) is 14.1 Å². The van der Waals surface area contributed by atoms with Crippen molar-refractivity contribution in [2.24, 2.45) is 0 Å². The Balaban J connectivity index is 2.65. The summed E-state index contributed by atoms with van der Waals surface area (Å²) in [6, 6.07) is 5.63. The molecule has 0 atom stereocenters. The molecule has 0 aliphatic rings. The van der Waals surface area contributed by atoms with Crippen LogP contribution in [0.25, 0.3) is 0 Å². The maximum Gasteiger partial charge on any atom is 0.234 e. The van der Waals surface area contributed by atoms with E-state index in [1.54, 1.807) is 7.11 Å². The summed E-state index contributed by atoms with van der Waals surface area (Å²) < 4.78 is 5.92. The average Bonchev–Trinajstić information content (AvgIpc) is 2.38. The Labute approximate surface area is 123 Å². The summed E-state index contributed by atoms with van der Waals surface area (Å²) in [5.74, 6) is 0.851. The lowest BCUT2D eigenvalue weighted by atomic mass is 10.2. The molecule has 0 fully saturated rings. The van der Waals surface area contributed by atoms with E-state index in [1.165, 1.54) is 11.8 Å². The second-order valence-corrected chi connectivity index (χ2v) is 5.76.